The summed E-state index contributed by atoms with van der Waals surface area (Å²) in [6.45, 7) is 10.9. The Morgan fingerprint density at radius 3 is 2.46 bits per heavy atom. The van der Waals surface area contributed by atoms with Gasteiger partial charge in [-0.1, -0.05) is 0 Å². The van der Waals surface area contributed by atoms with E-state index in [1.807, 2.05) is 36.9 Å². The molecule has 1 N–H and O–H groups in total. The van der Waals surface area contributed by atoms with Gasteiger partial charge >= 0.3 is 0 Å². The number of benzene rings is 1. The van der Waals surface area contributed by atoms with Gasteiger partial charge in [-0.2, -0.15) is 0 Å². The number of aryl methyl sites for hydroxylation is 1. The first kappa shape index (κ1) is 20.1. The molecule has 0 radical (unpaired) electrons. The van der Waals surface area contributed by atoms with Gasteiger partial charge in [0.05, 0.1) is 5.52 Å². The summed E-state index contributed by atoms with van der Waals surface area (Å²) in [6, 6.07) is 7.91. The van der Waals surface area contributed by atoms with E-state index in [0.717, 1.165) is 67.0 Å². The molecule has 0 bridgehead atoms. The van der Waals surface area contributed by atoms with E-state index in [4.69, 9.17) is 4.98 Å². The zero-order chi connectivity index (χ0) is 20.3. The highest BCUT2D eigenvalue weighted by molar-refractivity contribution is 5.93. The molecule has 1 saturated heterocycles. The standard InChI is InChI=1S/C22H30N4O2/c1-5-25(6-2)22(28)17-9-11-26(12-10-17)21-13-15(3)19-14-18(23-16(4)27)7-8-20(19)24-21/h7-8,13-14,17H,5-6,9-12H2,1-4H3,(H,23,27). The molecule has 150 valence electrons. The minimum Gasteiger partial charge on any atom is -0.357 e. The smallest absolute Gasteiger partial charge is 0.225 e. The molecule has 0 saturated carbocycles. The van der Waals surface area contributed by atoms with Crippen molar-refractivity contribution in [2.45, 2.75) is 40.5 Å². The summed E-state index contributed by atoms with van der Waals surface area (Å²) in [6.07, 6.45) is 1.74. The minimum absolute atomic E-state index is 0.0799. The first-order chi connectivity index (χ1) is 13.4. The van der Waals surface area contributed by atoms with E-state index in [-0.39, 0.29) is 17.7 Å². The quantitative estimate of drug-likeness (QED) is 0.858. The van der Waals surface area contributed by atoms with E-state index >= 15 is 0 Å². The average Bonchev–Trinajstić information content (AvgIpc) is 2.69. The number of carbonyl (C=O) groups is 2. The summed E-state index contributed by atoms with van der Waals surface area (Å²) >= 11 is 0. The first-order valence-electron chi connectivity index (χ1n) is 10.2. The largest absolute Gasteiger partial charge is 0.357 e. The molecule has 1 aliphatic heterocycles. The lowest BCUT2D eigenvalue weighted by Crippen LogP contribution is -2.42. The summed E-state index contributed by atoms with van der Waals surface area (Å²) in [5, 5.41) is 3.87. The van der Waals surface area contributed by atoms with Crippen molar-refractivity contribution in [3.8, 4) is 0 Å². The van der Waals surface area contributed by atoms with Crippen molar-refractivity contribution in [2.24, 2.45) is 5.92 Å². The highest BCUT2D eigenvalue weighted by atomic mass is 16.2. The Labute approximate surface area is 166 Å². The molecule has 2 heterocycles. The predicted octanol–water partition coefficient (Wildman–Crippen LogP) is 3.59. The van der Waals surface area contributed by atoms with Gasteiger partial charge in [-0.3, -0.25) is 9.59 Å². The Morgan fingerprint density at radius 2 is 1.86 bits per heavy atom. The number of hydrogen-bond donors (Lipinski definition) is 1. The number of nitrogens with zero attached hydrogens (tertiary/aromatic N) is 3. The van der Waals surface area contributed by atoms with Gasteiger partial charge in [0.2, 0.25) is 11.8 Å². The summed E-state index contributed by atoms with van der Waals surface area (Å²) in [5.41, 5.74) is 2.84. The fourth-order valence-electron chi connectivity index (χ4n) is 3.97. The number of aromatic nitrogens is 1. The fourth-order valence-corrected chi connectivity index (χ4v) is 3.97. The second-order valence-corrected chi connectivity index (χ2v) is 7.48. The lowest BCUT2D eigenvalue weighted by Gasteiger charge is -2.34. The first-order valence-corrected chi connectivity index (χ1v) is 10.2. The second kappa shape index (κ2) is 8.59. The number of hydrogen-bond acceptors (Lipinski definition) is 4. The predicted molar refractivity (Wildman–Crippen MR) is 114 cm³/mol. The number of piperidine rings is 1. The van der Waals surface area contributed by atoms with E-state index in [9.17, 15) is 9.59 Å². The van der Waals surface area contributed by atoms with Crippen LogP contribution in [0.25, 0.3) is 10.9 Å². The molecule has 0 unspecified atom stereocenters. The number of pyridine rings is 1. The van der Waals surface area contributed by atoms with Gasteiger partial charge in [-0.05, 0) is 63.4 Å². The van der Waals surface area contributed by atoms with Crippen LogP contribution in [0.3, 0.4) is 0 Å². The Kier molecular flexibility index (Phi) is 6.17. The molecule has 6 heteroatoms. The minimum atomic E-state index is -0.0799. The maximum Gasteiger partial charge on any atom is 0.225 e. The molecule has 28 heavy (non-hydrogen) atoms. The van der Waals surface area contributed by atoms with Crippen LogP contribution in [-0.2, 0) is 9.59 Å². The van der Waals surface area contributed by atoms with Crippen LogP contribution in [0.1, 0.15) is 39.2 Å². The highest BCUT2D eigenvalue weighted by Crippen LogP contribution is 2.28. The third-order valence-electron chi connectivity index (χ3n) is 5.57. The maximum absolute atomic E-state index is 12.6. The van der Waals surface area contributed by atoms with Crippen LogP contribution in [0, 0.1) is 12.8 Å². The second-order valence-electron chi connectivity index (χ2n) is 7.48. The molecule has 1 aliphatic rings. The molecule has 1 fully saturated rings. The molecule has 2 aromatic rings. The van der Waals surface area contributed by atoms with Crippen molar-refractivity contribution in [1.82, 2.24) is 9.88 Å². The van der Waals surface area contributed by atoms with Crippen LogP contribution in [-0.4, -0.2) is 47.9 Å². The molecule has 3 rings (SSSR count). The number of carbonyl (C=O) groups excluding carboxylic acids is 2. The van der Waals surface area contributed by atoms with Gasteiger partial charge in [-0.15, -0.1) is 0 Å². The van der Waals surface area contributed by atoms with Crippen molar-refractivity contribution in [1.29, 1.82) is 0 Å². The summed E-state index contributed by atoms with van der Waals surface area (Å²) in [7, 11) is 0. The highest BCUT2D eigenvalue weighted by Gasteiger charge is 2.28. The average molecular weight is 383 g/mol. The molecular formula is C22H30N4O2. The van der Waals surface area contributed by atoms with Crippen molar-refractivity contribution in [3.05, 3.63) is 29.8 Å². The van der Waals surface area contributed by atoms with Crippen molar-refractivity contribution in [3.63, 3.8) is 0 Å². The number of anilines is 2. The van der Waals surface area contributed by atoms with E-state index in [1.165, 1.54) is 6.92 Å². The Hall–Kier alpha value is -2.63. The molecule has 1 aromatic carbocycles. The van der Waals surface area contributed by atoms with Gasteiger partial charge in [0.15, 0.2) is 0 Å². The molecule has 0 aliphatic carbocycles. The van der Waals surface area contributed by atoms with E-state index in [1.54, 1.807) is 0 Å². The third-order valence-corrected chi connectivity index (χ3v) is 5.57. The lowest BCUT2D eigenvalue weighted by molar-refractivity contribution is -0.135. The van der Waals surface area contributed by atoms with Crippen molar-refractivity contribution in [2.75, 3.05) is 36.4 Å². The van der Waals surface area contributed by atoms with Gasteiger partial charge < -0.3 is 15.1 Å². The zero-order valence-electron chi connectivity index (χ0n) is 17.3. The van der Waals surface area contributed by atoms with Crippen LogP contribution in [0.4, 0.5) is 11.5 Å². The Balaban J connectivity index is 1.74. The van der Waals surface area contributed by atoms with Crippen molar-refractivity contribution >= 4 is 34.2 Å². The van der Waals surface area contributed by atoms with Crippen LogP contribution in [0.2, 0.25) is 0 Å². The van der Waals surface area contributed by atoms with E-state index in [2.05, 4.69) is 23.2 Å². The monoisotopic (exact) mass is 382 g/mol. The normalized spacial score (nSPS) is 14.9. The molecule has 0 spiro atoms. The molecule has 6 nitrogen and oxygen atoms in total. The SMILES string of the molecule is CCN(CC)C(=O)C1CCN(c2cc(C)c3cc(NC(C)=O)ccc3n2)CC1. The van der Waals surface area contributed by atoms with Crippen LogP contribution >= 0.6 is 0 Å². The molecule has 0 atom stereocenters. The Bertz CT molecular complexity index is 868. The van der Waals surface area contributed by atoms with Crippen LogP contribution in [0.5, 0.6) is 0 Å². The van der Waals surface area contributed by atoms with Crippen LogP contribution in [0.15, 0.2) is 24.3 Å². The molecule has 2 amide bonds. The molecular weight excluding hydrogens is 352 g/mol. The molecule has 1 aromatic heterocycles. The van der Waals surface area contributed by atoms with Crippen molar-refractivity contribution < 1.29 is 9.59 Å². The number of fused-ring (bicyclic) bond motifs is 1. The summed E-state index contributed by atoms with van der Waals surface area (Å²) < 4.78 is 0. The van der Waals surface area contributed by atoms with Crippen LogP contribution < -0.4 is 10.2 Å². The van der Waals surface area contributed by atoms with Gasteiger partial charge in [-0.25, -0.2) is 4.98 Å². The van der Waals surface area contributed by atoms with Gasteiger partial charge in [0, 0.05) is 50.1 Å². The van der Waals surface area contributed by atoms with E-state index < -0.39 is 0 Å². The lowest BCUT2D eigenvalue weighted by atomic mass is 9.95. The maximum atomic E-state index is 12.6. The summed E-state index contributed by atoms with van der Waals surface area (Å²) in [4.78, 5) is 32.9. The van der Waals surface area contributed by atoms with Gasteiger partial charge in [0.1, 0.15) is 5.82 Å². The van der Waals surface area contributed by atoms with Gasteiger partial charge in [0.25, 0.3) is 0 Å². The Morgan fingerprint density at radius 1 is 1.18 bits per heavy atom. The fraction of sp³-hybridized carbons (Fsp3) is 0.500. The topological polar surface area (TPSA) is 65.5 Å². The zero-order valence-corrected chi connectivity index (χ0v) is 17.3. The number of nitrogens with one attached hydrogen (secondary N) is 1. The number of amides is 2. The van der Waals surface area contributed by atoms with E-state index in [0.29, 0.717) is 0 Å². The number of rotatable bonds is 5. The summed E-state index contributed by atoms with van der Waals surface area (Å²) in [5.74, 6) is 1.30. The third kappa shape index (κ3) is 4.26.